The van der Waals surface area contributed by atoms with Crippen LogP contribution in [0.5, 0.6) is 0 Å². The van der Waals surface area contributed by atoms with Gasteiger partial charge in [0.25, 0.3) is 0 Å². The molecule has 0 unspecified atom stereocenters. The first-order valence-corrected chi connectivity index (χ1v) is 9.18. The molecule has 1 spiro atoms. The summed E-state index contributed by atoms with van der Waals surface area (Å²) in [6.45, 7) is 15.0. The lowest BCUT2D eigenvalue weighted by molar-refractivity contribution is 0.167. The van der Waals surface area contributed by atoms with Gasteiger partial charge in [-0.15, -0.1) is 0 Å². The van der Waals surface area contributed by atoms with E-state index < -0.39 is 0 Å². The van der Waals surface area contributed by atoms with Gasteiger partial charge < -0.3 is 0 Å². The predicted molar refractivity (Wildman–Crippen MR) is 96.1 cm³/mol. The fourth-order valence-electron chi connectivity index (χ4n) is 3.96. The highest BCUT2D eigenvalue weighted by atomic mass is 14.4. The van der Waals surface area contributed by atoms with Gasteiger partial charge in [-0.2, -0.15) is 0 Å². The van der Waals surface area contributed by atoms with Crippen molar-refractivity contribution in [2.24, 2.45) is 11.3 Å². The van der Waals surface area contributed by atoms with Crippen molar-refractivity contribution in [3.8, 4) is 0 Å². The Bertz CT molecular complexity index is 401. The van der Waals surface area contributed by atoms with Crippen molar-refractivity contribution in [3.63, 3.8) is 0 Å². The molecule has 1 aromatic carbocycles. The van der Waals surface area contributed by atoms with Crippen LogP contribution < -0.4 is 0 Å². The quantitative estimate of drug-likeness (QED) is 0.501. The summed E-state index contributed by atoms with van der Waals surface area (Å²) in [6, 6.07) is 4.64. The standard InChI is InChI=1S/C17H24.2C2H6/c1-12-6-8-17(9-7-12)10-15-13(2)4-5-14(3)16(15)11-17;2*1-2/h4-5,12H,6-11H2,1-3H3;2*1-2H3. The van der Waals surface area contributed by atoms with Crippen LogP contribution in [0.15, 0.2) is 12.1 Å². The number of hydrogen-bond acceptors (Lipinski definition) is 0. The Morgan fingerprint density at radius 1 is 0.810 bits per heavy atom. The number of benzene rings is 1. The first-order valence-electron chi connectivity index (χ1n) is 9.18. The summed E-state index contributed by atoms with van der Waals surface area (Å²) in [5.74, 6) is 0.964. The summed E-state index contributed by atoms with van der Waals surface area (Å²) in [6.07, 6.45) is 8.55. The minimum absolute atomic E-state index is 0.645. The van der Waals surface area contributed by atoms with Crippen molar-refractivity contribution in [1.29, 1.82) is 0 Å². The van der Waals surface area contributed by atoms with Crippen LogP contribution in [0.1, 0.15) is 82.6 Å². The van der Waals surface area contributed by atoms with Gasteiger partial charge in [-0.25, -0.2) is 0 Å². The third kappa shape index (κ3) is 3.90. The second-order valence-electron chi connectivity index (χ2n) is 6.69. The Morgan fingerprint density at radius 2 is 1.19 bits per heavy atom. The van der Waals surface area contributed by atoms with Gasteiger partial charge in [0.05, 0.1) is 0 Å². The van der Waals surface area contributed by atoms with E-state index in [0.29, 0.717) is 5.41 Å². The second-order valence-corrected chi connectivity index (χ2v) is 6.69. The SMILES string of the molecule is CC.CC.Cc1ccc(C)c2c1CC1(CCC(C)CC1)C2. The Morgan fingerprint density at radius 3 is 1.57 bits per heavy atom. The van der Waals surface area contributed by atoms with E-state index in [4.69, 9.17) is 0 Å². The Kier molecular flexibility index (Phi) is 6.97. The van der Waals surface area contributed by atoms with Crippen LogP contribution in [-0.2, 0) is 12.8 Å². The highest BCUT2D eigenvalue weighted by molar-refractivity contribution is 5.45. The first kappa shape index (κ1) is 18.3. The van der Waals surface area contributed by atoms with Gasteiger partial charge in [0, 0.05) is 0 Å². The van der Waals surface area contributed by atoms with E-state index in [1.165, 1.54) is 49.7 Å². The summed E-state index contributed by atoms with van der Waals surface area (Å²) in [7, 11) is 0. The van der Waals surface area contributed by atoms with E-state index in [2.05, 4.69) is 32.9 Å². The molecule has 0 radical (unpaired) electrons. The maximum absolute atomic E-state index is 2.42. The van der Waals surface area contributed by atoms with Gasteiger partial charge in [0.15, 0.2) is 0 Å². The highest BCUT2D eigenvalue weighted by Gasteiger charge is 2.40. The maximum atomic E-state index is 2.42. The van der Waals surface area contributed by atoms with Crippen LogP contribution >= 0.6 is 0 Å². The zero-order chi connectivity index (χ0) is 16.0. The van der Waals surface area contributed by atoms with Gasteiger partial charge in [0.1, 0.15) is 0 Å². The molecule has 1 saturated carbocycles. The highest BCUT2D eigenvalue weighted by Crippen LogP contribution is 2.49. The molecule has 0 saturated heterocycles. The molecule has 120 valence electrons. The van der Waals surface area contributed by atoms with Crippen molar-refractivity contribution < 1.29 is 0 Å². The van der Waals surface area contributed by atoms with Crippen molar-refractivity contribution in [1.82, 2.24) is 0 Å². The van der Waals surface area contributed by atoms with E-state index in [0.717, 1.165) is 5.92 Å². The predicted octanol–water partition coefficient (Wildman–Crippen LogP) is 6.65. The van der Waals surface area contributed by atoms with E-state index in [1.54, 1.807) is 11.1 Å². The molecule has 0 aliphatic heterocycles. The lowest BCUT2D eigenvalue weighted by Gasteiger charge is -2.36. The second kappa shape index (κ2) is 8.01. The van der Waals surface area contributed by atoms with Crippen LogP contribution in [0.25, 0.3) is 0 Å². The lowest BCUT2D eigenvalue weighted by atomic mass is 9.69. The van der Waals surface area contributed by atoms with Gasteiger partial charge in [-0.3, -0.25) is 0 Å². The molecule has 3 rings (SSSR count). The average Bonchev–Trinajstić information content (AvgIpc) is 2.92. The fraction of sp³-hybridized carbons (Fsp3) is 0.714. The summed E-state index contributed by atoms with van der Waals surface area (Å²) in [4.78, 5) is 0. The molecule has 0 N–H and O–H groups in total. The smallest absolute Gasteiger partial charge is 0.0213 e. The first-order chi connectivity index (χ1) is 10.1. The molecule has 2 aliphatic rings. The third-order valence-corrected chi connectivity index (χ3v) is 5.34. The summed E-state index contributed by atoms with van der Waals surface area (Å²) < 4.78 is 0. The summed E-state index contributed by atoms with van der Waals surface area (Å²) in [5.41, 5.74) is 7.09. The van der Waals surface area contributed by atoms with Crippen molar-refractivity contribution in [2.45, 2.75) is 87.0 Å². The van der Waals surface area contributed by atoms with Crippen molar-refractivity contribution >= 4 is 0 Å². The minimum atomic E-state index is 0.645. The van der Waals surface area contributed by atoms with Crippen LogP contribution in [0.2, 0.25) is 0 Å². The zero-order valence-corrected chi connectivity index (χ0v) is 15.5. The van der Waals surface area contributed by atoms with E-state index in [9.17, 15) is 0 Å². The van der Waals surface area contributed by atoms with Crippen LogP contribution in [0, 0.1) is 25.2 Å². The molecule has 0 aromatic heterocycles. The molecule has 1 fully saturated rings. The molecular formula is C21H36. The molecule has 2 aliphatic carbocycles. The molecule has 0 heteroatoms. The number of hydrogen-bond donors (Lipinski definition) is 0. The van der Waals surface area contributed by atoms with Crippen LogP contribution in [-0.4, -0.2) is 0 Å². The van der Waals surface area contributed by atoms with Crippen LogP contribution in [0.3, 0.4) is 0 Å². The summed E-state index contributed by atoms with van der Waals surface area (Å²) in [5, 5.41) is 0. The van der Waals surface area contributed by atoms with E-state index in [1.807, 2.05) is 27.7 Å². The van der Waals surface area contributed by atoms with Crippen molar-refractivity contribution in [3.05, 3.63) is 34.4 Å². The monoisotopic (exact) mass is 288 g/mol. The molecule has 0 amide bonds. The molecule has 1 aromatic rings. The molecule has 0 nitrogen and oxygen atoms in total. The maximum Gasteiger partial charge on any atom is -0.0213 e. The molecule has 21 heavy (non-hydrogen) atoms. The van der Waals surface area contributed by atoms with Crippen molar-refractivity contribution in [2.75, 3.05) is 0 Å². The molecular weight excluding hydrogens is 252 g/mol. The topological polar surface area (TPSA) is 0 Å². The van der Waals surface area contributed by atoms with E-state index >= 15 is 0 Å². The number of rotatable bonds is 0. The largest absolute Gasteiger partial charge is 0.0683 e. The Balaban J connectivity index is 0.000000510. The van der Waals surface area contributed by atoms with Crippen LogP contribution in [0.4, 0.5) is 0 Å². The van der Waals surface area contributed by atoms with Gasteiger partial charge in [-0.05, 0) is 73.1 Å². The third-order valence-electron chi connectivity index (χ3n) is 5.34. The van der Waals surface area contributed by atoms with E-state index in [-0.39, 0.29) is 0 Å². The van der Waals surface area contributed by atoms with Gasteiger partial charge in [-0.1, -0.05) is 59.6 Å². The molecule has 0 bridgehead atoms. The minimum Gasteiger partial charge on any atom is -0.0683 e. The normalized spacial score (nSPS) is 19.2. The average molecular weight is 289 g/mol. The van der Waals surface area contributed by atoms with Gasteiger partial charge >= 0.3 is 0 Å². The Hall–Kier alpha value is -0.780. The fourth-order valence-corrected chi connectivity index (χ4v) is 3.96. The van der Waals surface area contributed by atoms with Gasteiger partial charge in [0.2, 0.25) is 0 Å². The summed E-state index contributed by atoms with van der Waals surface area (Å²) >= 11 is 0. The zero-order valence-electron chi connectivity index (χ0n) is 15.5. The lowest BCUT2D eigenvalue weighted by Crippen LogP contribution is -2.27. The molecule has 0 atom stereocenters. The molecule has 0 heterocycles. The number of aryl methyl sites for hydroxylation is 2. The number of fused-ring (bicyclic) bond motifs is 1. The Labute approximate surface area is 133 Å².